The van der Waals surface area contributed by atoms with Crippen LogP contribution in [-0.2, 0) is 23.6 Å². The van der Waals surface area contributed by atoms with Gasteiger partial charge in [0, 0.05) is 0 Å². The van der Waals surface area contributed by atoms with Crippen molar-refractivity contribution in [3.8, 4) is 0 Å². The Bertz CT molecular complexity index is 234. The quantitative estimate of drug-likeness (QED) is 0.253. The summed E-state index contributed by atoms with van der Waals surface area (Å²) in [5, 5.41) is 0. The average Bonchev–Trinajstić information content (AvgIpc) is 2.30. The van der Waals surface area contributed by atoms with Crippen LogP contribution in [0, 0.1) is 0 Å². The number of hydrogen-bond acceptors (Lipinski definition) is 3. The Kier molecular flexibility index (Phi) is 38.6. The van der Waals surface area contributed by atoms with Crippen LogP contribution in [0.2, 0.25) is 0 Å². The molecule has 0 aromatic heterocycles. The maximum atomic E-state index is 7.56. The summed E-state index contributed by atoms with van der Waals surface area (Å²) in [5.41, 5.74) is 0. The zero-order chi connectivity index (χ0) is 18.7. The van der Waals surface area contributed by atoms with Crippen LogP contribution in [0.5, 0.6) is 0 Å². The molecule has 0 fully saturated rings. The third-order valence-electron chi connectivity index (χ3n) is 1.91. The van der Waals surface area contributed by atoms with Gasteiger partial charge < -0.3 is 35.5 Å². The minimum Gasteiger partial charge on any atom is -0.344 e. The van der Waals surface area contributed by atoms with Gasteiger partial charge in [-0.25, -0.2) is 0 Å². The van der Waals surface area contributed by atoms with Gasteiger partial charge in [0.15, 0.2) is 0 Å². The lowest BCUT2D eigenvalue weighted by Gasteiger charge is -1.88. The standard InChI is InChI=1S/2C6H14.H3N.2H3O3PS/c2*1-3-5-6-4-2;;2*1-4(2,3)5/h2*3-6H2,1-2H3;1H3;2*(H3,1,2,3,5). The molecule has 0 bridgehead atoms. The molecule has 0 saturated carbocycles. The van der Waals surface area contributed by atoms with Gasteiger partial charge in [0.2, 0.25) is 0 Å². The van der Waals surface area contributed by atoms with E-state index in [4.69, 9.17) is 29.4 Å². The van der Waals surface area contributed by atoms with E-state index in [1.54, 1.807) is 0 Å². The van der Waals surface area contributed by atoms with Crippen molar-refractivity contribution in [1.29, 1.82) is 0 Å². The van der Waals surface area contributed by atoms with E-state index in [1.807, 2.05) is 0 Å². The highest BCUT2D eigenvalue weighted by atomic mass is 32.5. The third kappa shape index (κ3) is 206. The first-order chi connectivity index (χ1) is 9.83. The summed E-state index contributed by atoms with van der Waals surface area (Å²) in [6.45, 7) is 1.32. The second-order valence-corrected chi connectivity index (χ2v) is 9.43. The van der Waals surface area contributed by atoms with E-state index in [1.165, 1.54) is 51.4 Å². The van der Waals surface area contributed by atoms with Gasteiger partial charge in [0.1, 0.15) is 0 Å². The SMILES string of the molecule is CCCCCC.CCCCCC.N.OP(O)(O)=S.OP(O)(O)=S. The Morgan fingerprint density at radius 3 is 0.652 bits per heavy atom. The lowest BCUT2D eigenvalue weighted by molar-refractivity contribution is 0.361. The molecule has 0 rings (SSSR count). The zero-order valence-corrected chi connectivity index (χ0v) is 18.2. The molecule has 0 radical (unpaired) electrons. The molecule has 11 heteroatoms. The summed E-state index contributed by atoms with van der Waals surface area (Å²) in [6.07, 6.45) is 11.1. The number of hydrogen-bond donors (Lipinski definition) is 7. The Hall–Kier alpha value is 1.02. The molecule has 0 spiro atoms. The van der Waals surface area contributed by atoms with E-state index < -0.39 is 13.4 Å². The molecule has 23 heavy (non-hydrogen) atoms. The first kappa shape index (κ1) is 35.2. The summed E-state index contributed by atoms with van der Waals surface area (Å²) in [6, 6.07) is 0. The maximum absolute atomic E-state index is 7.56. The fourth-order valence-electron chi connectivity index (χ4n) is 1.000. The van der Waals surface area contributed by atoms with Crippen LogP contribution >= 0.6 is 13.4 Å². The van der Waals surface area contributed by atoms with Crippen LogP contribution in [0.15, 0.2) is 0 Å². The van der Waals surface area contributed by atoms with Crippen molar-refractivity contribution in [3.05, 3.63) is 0 Å². The largest absolute Gasteiger partial charge is 0.344 e. The van der Waals surface area contributed by atoms with Crippen LogP contribution in [0.1, 0.15) is 79.1 Å². The van der Waals surface area contributed by atoms with E-state index in [0.29, 0.717) is 0 Å². The van der Waals surface area contributed by atoms with Gasteiger partial charge >= 0.3 is 13.4 Å². The minimum absolute atomic E-state index is 0. The highest BCUT2D eigenvalue weighted by molar-refractivity contribution is 8.06. The molecular weight excluding hydrogens is 380 g/mol. The van der Waals surface area contributed by atoms with E-state index in [-0.39, 0.29) is 6.15 Å². The predicted molar refractivity (Wildman–Crippen MR) is 107 cm³/mol. The molecule has 0 aromatic rings. The van der Waals surface area contributed by atoms with Crippen molar-refractivity contribution >= 4 is 37.1 Å². The molecule has 0 aliphatic rings. The normalized spacial score (nSPS) is 9.83. The van der Waals surface area contributed by atoms with Crippen molar-refractivity contribution in [2.24, 2.45) is 0 Å². The van der Waals surface area contributed by atoms with Gasteiger partial charge in [-0.15, -0.1) is 0 Å². The van der Waals surface area contributed by atoms with E-state index in [9.17, 15) is 0 Å². The first-order valence-corrected chi connectivity index (χ1v) is 12.7. The Balaban J connectivity index is -0.0000000620. The molecule has 0 saturated heterocycles. The van der Waals surface area contributed by atoms with Gasteiger partial charge in [0.05, 0.1) is 0 Å². The first-order valence-electron chi connectivity index (χ1n) is 7.39. The summed E-state index contributed by atoms with van der Waals surface area (Å²) >= 11 is 7.21. The minimum atomic E-state index is -3.81. The van der Waals surface area contributed by atoms with Gasteiger partial charge in [-0.05, 0) is 23.6 Å². The van der Waals surface area contributed by atoms with Crippen LogP contribution in [0.25, 0.3) is 0 Å². The molecule has 148 valence electrons. The maximum Gasteiger partial charge on any atom is 0.319 e. The summed E-state index contributed by atoms with van der Waals surface area (Å²) in [5.74, 6) is 0. The fourth-order valence-corrected chi connectivity index (χ4v) is 1.000. The van der Waals surface area contributed by atoms with Crippen LogP contribution in [0.4, 0.5) is 0 Å². The third-order valence-corrected chi connectivity index (χ3v) is 1.91. The molecule has 0 unspecified atom stereocenters. The average molecular weight is 418 g/mol. The molecule has 0 aliphatic heterocycles. The summed E-state index contributed by atoms with van der Waals surface area (Å²) in [7, 11) is 0. The van der Waals surface area contributed by atoms with E-state index in [2.05, 4.69) is 51.3 Å². The lowest BCUT2D eigenvalue weighted by atomic mass is 10.2. The molecule has 7 nitrogen and oxygen atoms in total. The van der Waals surface area contributed by atoms with E-state index >= 15 is 0 Å². The number of unbranched alkanes of at least 4 members (excludes halogenated alkanes) is 6. The van der Waals surface area contributed by atoms with Crippen LogP contribution in [-0.4, -0.2) is 29.4 Å². The summed E-state index contributed by atoms with van der Waals surface area (Å²) < 4.78 is 0. The van der Waals surface area contributed by atoms with Crippen molar-refractivity contribution < 1.29 is 29.4 Å². The number of rotatable bonds is 6. The van der Waals surface area contributed by atoms with Crippen molar-refractivity contribution in [3.63, 3.8) is 0 Å². The Morgan fingerprint density at radius 2 is 0.609 bits per heavy atom. The van der Waals surface area contributed by atoms with Crippen molar-refractivity contribution in [1.82, 2.24) is 6.15 Å². The molecular formula is C12H37NO6P2S2. The highest BCUT2D eigenvalue weighted by Crippen LogP contribution is 2.26. The monoisotopic (exact) mass is 417 g/mol. The van der Waals surface area contributed by atoms with Gasteiger partial charge in [-0.3, -0.25) is 0 Å². The predicted octanol–water partition coefficient (Wildman–Crippen LogP) is 3.71. The van der Waals surface area contributed by atoms with Crippen LogP contribution in [0.3, 0.4) is 0 Å². The van der Waals surface area contributed by atoms with Gasteiger partial charge in [-0.2, -0.15) is 0 Å². The Morgan fingerprint density at radius 1 is 0.522 bits per heavy atom. The smallest absolute Gasteiger partial charge is 0.319 e. The second kappa shape index (κ2) is 25.3. The molecule has 0 aromatic carbocycles. The van der Waals surface area contributed by atoms with Crippen LogP contribution < -0.4 is 6.15 Å². The van der Waals surface area contributed by atoms with Crippen molar-refractivity contribution in [2.75, 3.05) is 0 Å². The van der Waals surface area contributed by atoms with Gasteiger partial charge in [-0.1, -0.05) is 79.1 Å². The Labute approximate surface area is 151 Å². The molecule has 0 atom stereocenters. The topological polar surface area (TPSA) is 156 Å². The molecule has 0 heterocycles. The molecule has 0 aliphatic carbocycles. The zero-order valence-electron chi connectivity index (χ0n) is 14.8. The second-order valence-electron chi connectivity index (χ2n) is 4.44. The van der Waals surface area contributed by atoms with Gasteiger partial charge in [0.25, 0.3) is 0 Å². The van der Waals surface area contributed by atoms with E-state index in [0.717, 1.165) is 0 Å². The molecule has 9 N–H and O–H groups in total. The highest BCUT2D eigenvalue weighted by Gasteiger charge is 1.92. The fraction of sp³-hybridized carbons (Fsp3) is 1.00. The molecule has 0 amide bonds. The lowest BCUT2D eigenvalue weighted by Crippen LogP contribution is -1.66. The van der Waals surface area contributed by atoms with Crippen molar-refractivity contribution in [2.45, 2.75) is 79.1 Å². The summed E-state index contributed by atoms with van der Waals surface area (Å²) in [4.78, 5) is 45.3.